The van der Waals surface area contributed by atoms with Crippen LogP contribution in [0.3, 0.4) is 0 Å². The van der Waals surface area contributed by atoms with Crippen LogP contribution in [0.1, 0.15) is 31.2 Å². The first-order valence-electron chi connectivity index (χ1n) is 7.84. The first kappa shape index (κ1) is 16.3. The van der Waals surface area contributed by atoms with E-state index < -0.39 is 0 Å². The smallest absolute Gasteiger partial charge is 0.191 e. The Morgan fingerprint density at radius 2 is 2.19 bits per heavy atom. The van der Waals surface area contributed by atoms with E-state index in [1.54, 1.807) is 11.3 Å². The van der Waals surface area contributed by atoms with Crippen LogP contribution in [0.2, 0.25) is 0 Å². The Balaban J connectivity index is 1.69. The number of nitrogens with one attached hydrogen (secondary N) is 2. The summed E-state index contributed by atoms with van der Waals surface area (Å²) in [5.41, 5.74) is 1.40. The number of likely N-dealkylation sites (tertiary alicyclic amines) is 1. The lowest BCUT2D eigenvalue weighted by Crippen LogP contribution is -2.43. The van der Waals surface area contributed by atoms with E-state index in [1.807, 2.05) is 7.05 Å². The topological polar surface area (TPSA) is 39.7 Å². The summed E-state index contributed by atoms with van der Waals surface area (Å²) < 4.78 is 0. The first-order valence-corrected chi connectivity index (χ1v) is 8.78. The lowest BCUT2D eigenvalue weighted by molar-refractivity contribution is 0.220. The number of hydrogen-bond acceptors (Lipinski definition) is 3. The lowest BCUT2D eigenvalue weighted by atomic mass is 9.97. The van der Waals surface area contributed by atoms with Crippen molar-refractivity contribution in [3.8, 4) is 0 Å². The SMILES string of the molecule is CN=C(NCC1CCN(C)CC1)NCC(C)c1ccsc1. The van der Waals surface area contributed by atoms with Gasteiger partial charge in [-0.15, -0.1) is 0 Å². The van der Waals surface area contributed by atoms with Gasteiger partial charge in [-0.1, -0.05) is 6.92 Å². The fourth-order valence-corrected chi connectivity index (χ4v) is 3.43. The first-order chi connectivity index (χ1) is 10.2. The molecule has 2 heterocycles. The maximum atomic E-state index is 4.33. The van der Waals surface area contributed by atoms with Crippen LogP contribution >= 0.6 is 11.3 Å². The van der Waals surface area contributed by atoms with Crippen molar-refractivity contribution in [3.63, 3.8) is 0 Å². The monoisotopic (exact) mass is 308 g/mol. The average molecular weight is 308 g/mol. The van der Waals surface area contributed by atoms with Crippen LogP contribution in [0.25, 0.3) is 0 Å². The van der Waals surface area contributed by atoms with E-state index in [1.165, 1.54) is 31.5 Å². The fraction of sp³-hybridized carbons (Fsp3) is 0.688. The Labute approximate surface area is 132 Å². The van der Waals surface area contributed by atoms with Crippen molar-refractivity contribution in [1.29, 1.82) is 0 Å². The van der Waals surface area contributed by atoms with Crippen molar-refractivity contribution < 1.29 is 0 Å². The largest absolute Gasteiger partial charge is 0.356 e. The molecule has 1 fully saturated rings. The van der Waals surface area contributed by atoms with E-state index in [9.17, 15) is 0 Å². The van der Waals surface area contributed by atoms with Crippen LogP contribution in [-0.4, -0.2) is 51.1 Å². The summed E-state index contributed by atoms with van der Waals surface area (Å²) in [7, 11) is 4.05. The fourth-order valence-electron chi connectivity index (χ4n) is 2.65. The molecule has 0 radical (unpaired) electrons. The van der Waals surface area contributed by atoms with Gasteiger partial charge in [0.25, 0.3) is 0 Å². The zero-order valence-corrected chi connectivity index (χ0v) is 14.2. The standard InChI is InChI=1S/C16H28N4S/c1-13(15-6-9-21-12-15)10-18-16(17-2)19-11-14-4-7-20(3)8-5-14/h6,9,12-14H,4-5,7-8,10-11H2,1-3H3,(H2,17,18,19). The molecule has 0 bridgehead atoms. The molecule has 5 heteroatoms. The molecule has 2 N–H and O–H groups in total. The molecule has 1 saturated heterocycles. The number of rotatable bonds is 5. The molecule has 1 atom stereocenters. The predicted octanol–water partition coefficient (Wildman–Crippen LogP) is 2.36. The lowest BCUT2D eigenvalue weighted by Gasteiger charge is -2.29. The summed E-state index contributed by atoms with van der Waals surface area (Å²) in [6.07, 6.45) is 2.57. The summed E-state index contributed by atoms with van der Waals surface area (Å²) in [6, 6.07) is 2.20. The number of hydrogen-bond donors (Lipinski definition) is 2. The van der Waals surface area contributed by atoms with Crippen molar-refractivity contribution >= 4 is 17.3 Å². The van der Waals surface area contributed by atoms with Gasteiger partial charge in [-0.2, -0.15) is 11.3 Å². The van der Waals surface area contributed by atoms with Gasteiger partial charge < -0.3 is 15.5 Å². The van der Waals surface area contributed by atoms with Crippen molar-refractivity contribution in [3.05, 3.63) is 22.4 Å². The molecule has 118 valence electrons. The molecule has 2 rings (SSSR count). The molecule has 0 amide bonds. The van der Waals surface area contributed by atoms with Gasteiger partial charge in [0.2, 0.25) is 0 Å². The Morgan fingerprint density at radius 1 is 1.43 bits per heavy atom. The number of piperidine rings is 1. The van der Waals surface area contributed by atoms with Gasteiger partial charge in [0.15, 0.2) is 5.96 Å². The second kappa shape index (κ2) is 8.39. The number of nitrogens with zero attached hydrogens (tertiary/aromatic N) is 2. The third-order valence-electron chi connectivity index (χ3n) is 4.31. The molecule has 0 aromatic carbocycles. The highest BCUT2D eigenvalue weighted by Gasteiger charge is 2.16. The molecule has 0 saturated carbocycles. The van der Waals surface area contributed by atoms with E-state index in [0.717, 1.165) is 25.0 Å². The molecule has 1 aliphatic rings. The third kappa shape index (κ3) is 5.32. The Bertz CT molecular complexity index is 421. The zero-order chi connectivity index (χ0) is 15.1. The Morgan fingerprint density at radius 3 is 2.81 bits per heavy atom. The quantitative estimate of drug-likeness (QED) is 0.648. The number of aliphatic imine (C=N–C) groups is 1. The van der Waals surface area contributed by atoms with Crippen LogP contribution in [0, 0.1) is 5.92 Å². The Kier molecular flexibility index (Phi) is 6.51. The Hall–Kier alpha value is -1.07. The molecule has 1 aliphatic heterocycles. The molecule has 1 aromatic heterocycles. The second-order valence-corrected chi connectivity index (χ2v) is 6.82. The molecular weight excluding hydrogens is 280 g/mol. The number of thiophene rings is 1. The normalized spacial score (nSPS) is 19.5. The maximum absolute atomic E-state index is 4.33. The van der Waals surface area contributed by atoms with Gasteiger partial charge in [-0.3, -0.25) is 4.99 Å². The zero-order valence-electron chi connectivity index (χ0n) is 13.4. The minimum atomic E-state index is 0.512. The molecule has 0 spiro atoms. The van der Waals surface area contributed by atoms with Gasteiger partial charge >= 0.3 is 0 Å². The highest BCUT2D eigenvalue weighted by Crippen LogP contribution is 2.17. The van der Waals surface area contributed by atoms with E-state index in [-0.39, 0.29) is 0 Å². The van der Waals surface area contributed by atoms with Crippen LogP contribution < -0.4 is 10.6 Å². The molecular formula is C16H28N4S. The minimum absolute atomic E-state index is 0.512. The van der Waals surface area contributed by atoms with Crippen molar-refractivity contribution in [2.75, 3.05) is 40.3 Å². The van der Waals surface area contributed by atoms with Crippen LogP contribution in [0.4, 0.5) is 0 Å². The van der Waals surface area contributed by atoms with Crippen LogP contribution in [-0.2, 0) is 0 Å². The van der Waals surface area contributed by atoms with Gasteiger partial charge in [0, 0.05) is 20.1 Å². The summed E-state index contributed by atoms with van der Waals surface area (Å²) in [5, 5.41) is 11.3. The summed E-state index contributed by atoms with van der Waals surface area (Å²) in [4.78, 5) is 6.74. The molecule has 0 aliphatic carbocycles. The summed E-state index contributed by atoms with van der Waals surface area (Å²) in [5.74, 6) is 2.21. The minimum Gasteiger partial charge on any atom is -0.356 e. The highest BCUT2D eigenvalue weighted by molar-refractivity contribution is 7.07. The van der Waals surface area contributed by atoms with Crippen LogP contribution in [0.15, 0.2) is 21.8 Å². The van der Waals surface area contributed by atoms with Gasteiger partial charge in [-0.25, -0.2) is 0 Å². The third-order valence-corrected chi connectivity index (χ3v) is 5.01. The molecule has 1 aromatic rings. The van der Waals surface area contributed by atoms with E-state index in [4.69, 9.17) is 0 Å². The van der Waals surface area contributed by atoms with E-state index in [2.05, 4.69) is 51.3 Å². The number of guanidine groups is 1. The van der Waals surface area contributed by atoms with Crippen LogP contribution in [0.5, 0.6) is 0 Å². The summed E-state index contributed by atoms with van der Waals surface area (Å²) in [6.45, 7) is 6.63. The maximum Gasteiger partial charge on any atom is 0.191 e. The second-order valence-electron chi connectivity index (χ2n) is 6.04. The van der Waals surface area contributed by atoms with Gasteiger partial charge in [0.05, 0.1) is 0 Å². The van der Waals surface area contributed by atoms with E-state index >= 15 is 0 Å². The van der Waals surface area contributed by atoms with Crippen molar-refractivity contribution in [2.45, 2.75) is 25.7 Å². The molecule has 21 heavy (non-hydrogen) atoms. The van der Waals surface area contributed by atoms with E-state index in [0.29, 0.717) is 5.92 Å². The summed E-state index contributed by atoms with van der Waals surface area (Å²) >= 11 is 1.76. The predicted molar refractivity (Wildman–Crippen MR) is 92.3 cm³/mol. The molecule has 4 nitrogen and oxygen atoms in total. The average Bonchev–Trinajstić information content (AvgIpc) is 3.03. The van der Waals surface area contributed by atoms with Crippen molar-refractivity contribution in [1.82, 2.24) is 15.5 Å². The van der Waals surface area contributed by atoms with Gasteiger partial charge in [-0.05, 0) is 67.2 Å². The van der Waals surface area contributed by atoms with Crippen molar-refractivity contribution in [2.24, 2.45) is 10.9 Å². The van der Waals surface area contributed by atoms with Gasteiger partial charge in [0.1, 0.15) is 0 Å². The molecule has 1 unspecified atom stereocenters. The highest BCUT2D eigenvalue weighted by atomic mass is 32.1.